The van der Waals surface area contributed by atoms with Crippen molar-refractivity contribution in [3.63, 3.8) is 0 Å². The monoisotopic (exact) mass is 476 g/mol. The van der Waals surface area contributed by atoms with E-state index in [1.54, 1.807) is 49.7 Å². The molecule has 0 aromatic heterocycles. The molecule has 8 aliphatic carbocycles. The van der Waals surface area contributed by atoms with Gasteiger partial charge in [0.25, 0.3) is 0 Å². The summed E-state index contributed by atoms with van der Waals surface area (Å²) in [6.45, 7) is 14.9. The zero-order valence-corrected chi connectivity index (χ0v) is 23.4. The molecule has 1 saturated heterocycles. The number of hydrogen-bond acceptors (Lipinski definition) is 2. The Morgan fingerprint density at radius 1 is 0.457 bits per heavy atom. The van der Waals surface area contributed by atoms with Crippen LogP contribution in [0.5, 0.6) is 0 Å². The van der Waals surface area contributed by atoms with Crippen LogP contribution in [0.25, 0.3) is 0 Å². The van der Waals surface area contributed by atoms with E-state index < -0.39 is 0 Å². The van der Waals surface area contributed by atoms with Crippen LogP contribution in [0.3, 0.4) is 0 Å². The number of nitrogens with zero attached hydrogens (tertiary/aromatic N) is 2. The van der Waals surface area contributed by atoms with E-state index >= 15 is 0 Å². The maximum Gasteiger partial charge on any atom is 0.0351 e. The number of rotatable bonds is 4. The SMILES string of the molecule is CC(C)=C(N1CCCN(C(=C(C)C)C23CC4CC(CC(C4)C2)C3)CC1)C12CC3CC(CC(C3)C1)C2. The predicted octanol–water partition coefficient (Wildman–Crippen LogP) is 8.01. The smallest absolute Gasteiger partial charge is 0.0351 e. The molecule has 0 radical (unpaired) electrons. The minimum atomic E-state index is 0.530. The highest BCUT2D eigenvalue weighted by Gasteiger charge is 2.55. The van der Waals surface area contributed by atoms with E-state index in [4.69, 9.17) is 0 Å². The minimum Gasteiger partial charge on any atom is -0.373 e. The summed E-state index contributed by atoms with van der Waals surface area (Å²) in [6, 6.07) is 0. The molecular formula is C33H52N2. The van der Waals surface area contributed by atoms with Crippen molar-refractivity contribution in [2.24, 2.45) is 46.3 Å². The summed E-state index contributed by atoms with van der Waals surface area (Å²) < 4.78 is 0. The van der Waals surface area contributed by atoms with Gasteiger partial charge in [-0.05, 0) is 147 Å². The van der Waals surface area contributed by atoms with Crippen LogP contribution in [-0.2, 0) is 0 Å². The van der Waals surface area contributed by atoms with E-state index in [-0.39, 0.29) is 0 Å². The second-order valence-electron chi connectivity index (χ2n) is 15.4. The number of allylic oxidation sites excluding steroid dienone is 4. The highest BCUT2D eigenvalue weighted by molar-refractivity contribution is 5.27. The van der Waals surface area contributed by atoms with Crippen molar-refractivity contribution in [1.82, 2.24) is 9.80 Å². The molecule has 9 fully saturated rings. The molecule has 8 bridgehead atoms. The van der Waals surface area contributed by atoms with Gasteiger partial charge >= 0.3 is 0 Å². The summed E-state index contributed by atoms with van der Waals surface area (Å²) in [4.78, 5) is 5.87. The summed E-state index contributed by atoms with van der Waals surface area (Å²) in [6.07, 6.45) is 19.7. The molecule has 0 unspecified atom stereocenters. The first kappa shape index (κ1) is 23.2. The van der Waals surface area contributed by atoms with Crippen LogP contribution >= 0.6 is 0 Å². The van der Waals surface area contributed by atoms with Crippen molar-refractivity contribution >= 4 is 0 Å². The summed E-state index contributed by atoms with van der Waals surface area (Å²) in [5, 5.41) is 0. The molecule has 0 atom stereocenters. The Morgan fingerprint density at radius 3 is 1.00 bits per heavy atom. The minimum absolute atomic E-state index is 0.530. The fraction of sp³-hybridized carbons (Fsp3) is 0.879. The highest BCUT2D eigenvalue weighted by Crippen LogP contribution is 2.65. The van der Waals surface area contributed by atoms with Gasteiger partial charge in [0.1, 0.15) is 0 Å². The predicted molar refractivity (Wildman–Crippen MR) is 146 cm³/mol. The Morgan fingerprint density at radius 2 is 0.743 bits per heavy atom. The van der Waals surface area contributed by atoms with Crippen molar-refractivity contribution in [2.45, 2.75) is 111 Å². The van der Waals surface area contributed by atoms with Gasteiger partial charge < -0.3 is 9.80 Å². The standard InChI is InChI=1S/C33H52N2/c1-22(2)30(32-16-24-10-25(17-32)12-26(11-24)18-32)34-6-5-7-35(9-8-34)31(23(3)4)33-19-27-13-28(20-33)15-29(14-27)21-33/h24-29H,5-21H2,1-4H3. The Kier molecular flexibility index (Phi) is 5.50. The zero-order valence-electron chi connectivity index (χ0n) is 23.4. The molecule has 0 aromatic carbocycles. The molecule has 0 amide bonds. The first-order chi connectivity index (χ1) is 16.8. The van der Waals surface area contributed by atoms with E-state index in [1.165, 1.54) is 71.1 Å². The Balaban J connectivity index is 1.14. The fourth-order valence-corrected chi connectivity index (χ4v) is 12.5. The van der Waals surface area contributed by atoms with Crippen molar-refractivity contribution in [1.29, 1.82) is 0 Å². The maximum absolute atomic E-state index is 2.94. The highest BCUT2D eigenvalue weighted by atomic mass is 15.2. The van der Waals surface area contributed by atoms with Gasteiger partial charge in [-0.3, -0.25) is 0 Å². The van der Waals surface area contributed by atoms with Gasteiger partial charge in [0.2, 0.25) is 0 Å². The van der Waals surface area contributed by atoms with Crippen molar-refractivity contribution in [3.8, 4) is 0 Å². The molecular weight excluding hydrogens is 424 g/mol. The van der Waals surface area contributed by atoms with Gasteiger partial charge in [0.15, 0.2) is 0 Å². The van der Waals surface area contributed by atoms with E-state index in [1.807, 2.05) is 11.4 Å². The summed E-state index contributed by atoms with van der Waals surface area (Å²) in [5.41, 5.74) is 8.00. The second kappa shape index (κ2) is 8.29. The first-order valence-electron chi connectivity index (χ1n) is 15.7. The van der Waals surface area contributed by atoms with Gasteiger partial charge in [-0.1, -0.05) is 11.1 Å². The third-order valence-electron chi connectivity index (χ3n) is 12.2. The lowest BCUT2D eigenvalue weighted by Crippen LogP contribution is -2.51. The molecule has 194 valence electrons. The molecule has 9 aliphatic rings. The topological polar surface area (TPSA) is 6.48 Å². The third-order valence-corrected chi connectivity index (χ3v) is 12.2. The van der Waals surface area contributed by atoms with E-state index in [9.17, 15) is 0 Å². The molecule has 0 aromatic rings. The van der Waals surface area contributed by atoms with Crippen LogP contribution in [0.1, 0.15) is 111 Å². The molecule has 9 rings (SSSR count). The van der Waals surface area contributed by atoms with Crippen LogP contribution in [-0.4, -0.2) is 36.0 Å². The van der Waals surface area contributed by atoms with E-state index in [0.717, 1.165) is 35.5 Å². The lowest BCUT2D eigenvalue weighted by Gasteiger charge is -2.59. The van der Waals surface area contributed by atoms with Crippen LogP contribution in [0, 0.1) is 46.3 Å². The summed E-state index contributed by atoms with van der Waals surface area (Å²) >= 11 is 0. The van der Waals surface area contributed by atoms with Gasteiger partial charge in [-0.2, -0.15) is 0 Å². The molecule has 0 N–H and O–H groups in total. The summed E-state index contributed by atoms with van der Waals surface area (Å²) in [5.74, 6) is 6.21. The van der Waals surface area contributed by atoms with E-state index in [0.29, 0.717) is 10.8 Å². The number of hydrogen-bond donors (Lipinski definition) is 0. The van der Waals surface area contributed by atoms with Crippen LogP contribution in [0.2, 0.25) is 0 Å². The Hall–Kier alpha value is -0.920. The van der Waals surface area contributed by atoms with Crippen LogP contribution in [0.4, 0.5) is 0 Å². The second-order valence-corrected chi connectivity index (χ2v) is 15.4. The van der Waals surface area contributed by atoms with Crippen LogP contribution < -0.4 is 0 Å². The van der Waals surface area contributed by atoms with Gasteiger partial charge in [0.05, 0.1) is 0 Å². The Labute approximate surface area is 216 Å². The quantitative estimate of drug-likeness (QED) is 0.405. The van der Waals surface area contributed by atoms with Gasteiger partial charge in [0, 0.05) is 48.4 Å². The van der Waals surface area contributed by atoms with Crippen molar-refractivity contribution in [2.75, 3.05) is 26.2 Å². The van der Waals surface area contributed by atoms with Gasteiger partial charge in [-0.25, -0.2) is 0 Å². The molecule has 2 heteroatoms. The lowest BCUT2D eigenvalue weighted by molar-refractivity contribution is -0.0473. The van der Waals surface area contributed by atoms with E-state index in [2.05, 4.69) is 37.5 Å². The maximum atomic E-state index is 2.94. The van der Waals surface area contributed by atoms with Crippen molar-refractivity contribution < 1.29 is 0 Å². The fourth-order valence-electron chi connectivity index (χ4n) is 12.5. The molecule has 1 aliphatic heterocycles. The zero-order chi connectivity index (χ0) is 23.9. The first-order valence-corrected chi connectivity index (χ1v) is 15.7. The van der Waals surface area contributed by atoms with Crippen molar-refractivity contribution in [3.05, 3.63) is 22.5 Å². The molecule has 35 heavy (non-hydrogen) atoms. The third kappa shape index (κ3) is 3.77. The lowest BCUT2D eigenvalue weighted by atomic mass is 9.48. The van der Waals surface area contributed by atoms with Crippen LogP contribution in [0.15, 0.2) is 22.5 Å². The van der Waals surface area contributed by atoms with Gasteiger partial charge in [-0.15, -0.1) is 0 Å². The average Bonchev–Trinajstić information content (AvgIpc) is 2.97. The molecule has 0 spiro atoms. The largest absolute Gasteiger partial charge is 0.373 e. The average molecular weight is 477 g/mol. The molecule has 2 nitrogen and oxygen atoms in total. The summed E-state index contributed by atoms with van der Waals surface area (Å²) in [7, 11) is 0. The molecule has 1 heterocycles. The Bertz CT molecular complexity index is 769. The molecule has 8 saturated carbocycles. The normalized spacial score (nSPS) is 45.6.